The van der Waals surface area contributed by atoms with Crippen molar-refractivity contribution in [2.75, 3.05) is 20.3 Å². The van der Waals surface area contributed by atoms with Gasteiger partial charge in [-0.1, -0.05) is 6.07 Å². The highest BCUT2D eigenvalue weighted by Gasteiger charge is 2.40. The molecule has 2 unspecified atom stereocenters. The Morgan fingerprint density at radius 2 is 1.91 bits per heavy atom. The third-order valence-corrected chi connectivity index (χ3v) is 6.50. The Balaban J connectivity index is 1.46. The van der Waals surface area contributed by atoms with Crippen LogP contribution in [0.1, 0.15) is 35.7 Å². The number of halogens is 3. The van der Waals surface area contributed by atoms with Gasteiger partial charge in [-0.15, -0.1) is 0 Å². The maximum absolute atomic E-state index is 13.9. The van der Waals surface area contributed by atoms with Crippen LogP contribution in [0.2, 0.25) is 0 Å². The van der Waals surface area contributed by atoms with Crippen LogP contribution in [0.4, 0.5) is 13.2 Å². The molecule has 2 aromatic carbocycles. The van der Waals surface area contributed by atoms with Gasteiger partial charge in [0, 0.05) is 11.8 Å². The van der Waals surface area contributed by atoms with Gasteiger partial charge >= 0.3 is 0 Å². The van der Waals surface area contributed by atoms with Crippen LogP contribution >= 0.6 is 0 Å². The summed E-state index contributed by atoms with van der Waals surface area (Å²) in [6.07, 6.45) is 6.58. The van der Waals surface area contributed by atoms with Crippen molar-refractivity contribution in [1.29, 1.82) is 0 Å². The minimum atomic E-state index is -1.53. The minimum absolute atomic E-state index is 0.0763. The Hall–Kier alpha value is -3.59. The second kappa shape index (κ2) is 9.22. The Morgan fingerprint density at radius 3 is 2.60 bits per heavy atom. The van der Waals surface area contributed by atoms with Gasteiger partial charge in [-0.05, 0) is 61.2 Å². The molecule has 2 atom stereocenters. The predicted octanol–water partition coefficient (Wildman–Crippen LogP) is 4.75. The van der Waals surface area contributed by atoms with E-state index < -0.39 is 23.5 Å². The van der Waals surface area contributed by atoms with Crippen LogP contribution < -0.4 is 4.74 Å². The fourth-order valence-electron chi connectivity index (χ4n) is 4.77. The average molecular weight is 483 g/mol. The van der Waals surface area contributed by atoms with E-state index in [-0.39, 0.29) is 24.1 Å². The van der Waals surface area contributed by atoms with Crippen molar-refractivity contribution < 1.29 is 27.4 Å². The van der Waals surface area contributed by atoms with Gasteiger partial charge < -0.3 is 18.9 Å². The van der Waals surface area contributed by atoms with E-state index in [4.69, 9.17) is 9.47 Å². The van der Waals surface area contributed by atoms with Crippen molar-refractivity contribution in [3.05, 3.63) is 82.7 Å². The lowest BCUT2D eigenvalue weighted by Gasteiger charge is -2.45. The molecule has 6 nitrogen and oxygen atoms in total. The lowest BCUT2D eigenvalue weighted by molar-refractivity contribution is -0.145. The molecule has 1 aromatic heterocycles. The molecule has 0 radical (unpaired) electrons. The van der Waals surface area contributed by atoms with Crippen LogP contribution in [0, 0.1) is 24.4 Å². The number of benzene rings is 2. The van der Waals surface area contributed by atoms with E-state index in [1.807, 2.05) is 42.0 Å². The molecule has 0 aliphatic carbocycles. The van der Waals surface area contributed by atoms with Crippen molar-refractivity contribution in [3.8, 4) is 11.4 Å². The molecule has 0 bridgehead atoms. The number of amides is 1. The molecule has 1 amide bonds. The van der Waals surface area contributed by atoms with E-state index in [1.54, 1.807) is 18.3 Å². The SMILES string of the molecule is COc1cc(/C=C2\CCC3COCC(c4cc(F)c(F)c(F)c4)N3C2=O)ccc1-n1cnc(C)c1. The number of aromatic nitrogens is 2. The molecule has 35 heavy (non-hydrogen) atoms. The van der Waals surface area contributed by atoms with E-state index >= 15 is 0 Å². The number of morpholine rings is 1. The third kappa shape index (κ3) is 4.32. The first-order chi connectivity index (χ1) is 16.9. The summed E-state index contributed by atoms with van der Waals surface area (Å²) in [5, 5.41) is 0. The number of fused-ring (bicyclic) bond motifs is 1. The summed E-state index contributed by atoms with van der Waals surface area (Å²) in [7, 11) is 1.58. The average Bonchev–Trinajstić information content (AvgIpc) is 3.29. The van der Waals surface area contributed by atoms with Crippen molar-refractivity contribution >= 4 is 12.0 Å². The van der Waals surface area contributed by atoms with E-state index in [0.29, 0.717) is 30.8 Å². The number of carbonyl (C=O) groups excluding carboxylic acids is 1. The standard InChI is InChI=1S/C26H24F3N3O3/c1-15-11-31(14-30-15)22-6-3-16(8-24(22)34-2)7-17-4-5-19-12-35-13-23(32(19)26(17)33)18-9-20(27)25(29)21(28)10-18/h3,6-11,14,19,23H,4-5,12-13H2,1-2H3/b17-7+. The Labute approximate surface area is 200 Å². The molecule has 2 aliphatic rings. The van der Waals surface area contributed by atoms with Crippen molar-refractivity contribution in [3.63, 3.8) is 0 Å². The molecule has 0 saturated carbocycles. The number of rotatable bonds is 4. The summed E-state index contributed by atoms with van der Waals surface area (Å²) in [6.45, 7) is 2.32. The fraction of sp³-hybridized carbons (Fsp3) is 0.308. The highest BCUT2D eigenvalue weighted by atomic mass is 19.2. The largest absolute Gasteiger partial charge is 0.495 e. The topological polar surface area (TPSA) is 56.6 Å². The van der Waals surface area contributed by atoms with Crippen molar-refractivity contribution in [1.82, 2.24) is 14.5 Å². The van der Waals surface area contributed by atoms with Crippen molar-refractivity contribution in [2.24, 2.45) is 0 Å². The zero-order chi connectivity index (χ0) is 24.7. The lowest BCUT2D eigenvalue weighted by atomic mass is 9.91. The second-order valence-electron chi connectivity index (χ2n) is 8.78. The minimum Gasteiger partial charge on any atom is -0.495 e. The Morgan fingerprint density at radius 1 is 1.14 bits per heavy atom. The highest BCUT2D eigenvalue weighted by molar-refractivity contribution is 5.99. The van der Waals surface area contributed by atoms with Crippen LogP contribution in [0.25, 0.3) is 11.8 Å². The first-order valence-electron chi connectivity index (χ1n) is 11.3. The van der Waals surface area contributed by atoms with Gasteiger partial charge in [0.25, 0.3) is 5.91 Å². The molecule has 3 heterocycles. The summed E-state index contributed by atoms with van der Waals surface area (Å²) < 4.78 is 54.4. The Kier molecular flexibility index (Phi) is 6.10. The van der Waals surface area contributed by atoms with E-state index in [0.717, 1.165) is 29.1 Å². The zero-order valence-corrected chi connectivity index (χ0v) is 19.3. The van der Waals surface area contributed by atoms with Gasteiger partial charge in [0.15, 0.2) is 17.5 Å². The van der Waals surface area contributed by atoms with Gasteiger partial charge in [0.05, 0.1) is 50.1 Å². The predicted molar refractivity (Wildman–Crippen MR) is 123 cm³/mol. The fourth-order valence-corrected chi connectivity index (χ4v) is 4.77. The summed E-state index contributed by atoms with van der Waals surface area (Å²) in [6, 6.07) is 6.55. The number of hydrogen-bond donors (Lipinski definition) is 0. The number of ether oxygens (including phenoxy) is 2. The molecular formula is C26H24F3N3O3. The van der Waals surface area contributed by atoms with Crippen LogP contribution in [0.3, 0.4) is 0 Å². The van der Waals surface area contributed by atoms with Crippen LogP contribution in [0.5, 0.6) is 5.75 Å². The van der Waals surface area contributed by atoms with E-state index in [1.165, 1.54) is 0 Å². The van der Waals surface area contributed by atoms with E-state index in [9.17, 15) is 18.0 Å². The monoisotopic (exact) mass is 483 g/mol. The van der Waals surface area contributed by atoms with E-state index in [2.05, 4.69) is 4.98 Å². The molecule has 2 fully saturated rings. The smallest absolute Gasteiger partial charge is 0.250 e. The molecular weight excluding hydrogens is 459 g/mol. The number of carbonyl (C=O) groups is 1. The molecule has 9 heteroatoms. The number of imidazole rings is 1. The highest BCUT2D eigenvalue weighted by Crippen LogP contribution is 2.37. The first kappa shape index (κ1) is 23.2. The van der Waals surface area contributed by atoms with Gasteiger partial charge in [0.1, 0.15) is 5.75 Å². The maximum Gasteiger partial charge on any atom is 0.250 e. The first-order valence-corrected chi connectivity index (χ1v) is 11.3. The lowest BCUT2D eigenvalue weighted by Crippen LogP contribution is -2.53. The molecule has 0 N–H and O–H groups in total. The number of methoxy groups -OCH3 is 1. The summed E-state index contributed by atoms with van der Waals surface area (Å²) in [5.41, 5.74) is 3.22. The van der Waals surface area contributed by atoms with Crippen LogP contribution in [-0.2, 0) is 9.53 Å². The quantitative estimate of drug-likeness (QED) is 0.397. The summed E-state index contributed by atoms with van der Waals surface area (Å²) in [5.74, 6) is -3.71. The molecule has 3 aromatic rings. The molecule has 2 aliphatic heterocycles. The van der Waals surface area contributed by atoms with Gasteiger partial charge in [-0.25, -0.2) is 18.2 Å². The normalized spacial score (nSPS) is 21.3. The van der Waals surface area contributed by atoms with Crippen LogP contribution in [0.15, 0.2) is 48.4 Å². The van der Waals surface area contributed by atoms with Gasteiger partial charge in [-0.3, -0.25) is 4.79 Å². The summed E-state index contributed by atoms with van der Waals surface area (Å²) >= 11 is 0. The Bertz CT molecular complexity index is 1300. The molecule has 5 rings (SSSR count). The summed E-state index contributed by atoms with van der Waals surface area (Å²) in [4.78, 5) is 19.4. The second-order valence-corrected chi connectivity index (χ2v) is 8.78. The van der Waals surface area contributed by atoms with Gasteiger partial charge in [0.2, 0.25) is 0 Å². The maximum atomic E-state index is 13.9. The molecule has 2 saturated heterocycles. The van der Waals surface area contributed by atoms with Gasteiger partial charge in [-0.2, -0.15) is 0 Å². The molecule has 182 valence electrons. The molecule has 0 spiro atoms. The number of piperidine rings is 1. The number of hydrogen-bond acceptors (Lipinski definition) is 4. The zero-order valence-electron chi connectivity index (χ0n) is 19.3. The third-order valence-electron chi connectivity index (χ3n) is 6.50. The number of aryl methyl sites for hydroxylation is 1. The van der Waals surface area contributed by atoms with Crippen molar-refractivity contribution in [2.45, 2.75) is 31.8 Å². The number of nitrogens with zero attached hydrogens (tertiary/aromatic N) is 3. The van der Waals surface area contributed by atoms with Crippen LogP contribution in [-0.4, -0.2) is 46.7 Å².